The lowest BCUT2D eigenvalue weighted by Crippen LogP contribution is -2.38. The zero-order valence-corrected chi connectivity index (χ0v) is 12.0. The summed E-state index contributed by atoms with van der Waals surface area (Å²) < 4.78 is 5.11. The average Bonchev–Trinajstić information content (AvgIpc) is 3.26. The van der Waals surface area contributed by atoms with E-state index in [9.17, 15) is 9.59 Å². The van der Waals surface area contributed by atoms with E-state index >= 15 is 0 Å². The zero-order chi connectivity index (χ0) is 15.2. The number of carboxylic acids is 1. The number of hydrogen-bond donors (Lipinski definition) is 2. The van der Waals surface area contributed by atoms with Gasteiger partial charge in [-0.1, -0.05) is 18.2 Å². The number of nitrogens with zero attached hydrogens (tertiary/aromatic N) is 1. The van der Waals surface area contributed by atoms with Crippen molar-refractivity contribution in [3.8, 4) is 0 Å². The number of carboxylic acid groups (broad SMARTS) is 1. The van der Waals surface area contributed by atoms with Crippen LogP contribution in [0.4, 0.5) is 10.5 Å². The standard InChI is InChI=1S/C15H20N2O4/c1-21-10-11-4-2-3-5-13(11)16-15(20)17(12-6-7-12)9-8-14(18)19/h2-5,12H,6-10H2,1H3,(H,16,20)(H,18,19). The molecule has 2 amide bonds. The maximum Gasteiger partial charge on any atom is 0.322 e. The molecule has 0 heterocycles. The second-order valence-corrected chi connectivity index (χ2v) is 5.09. The number of carbonyl (C=O) groups is 2. The van der Waals surface area contributed by atoms with Crippen molar-refractivity contribution in [2.75, 3.05) is 19.0 Å². The number of methoxy groups -OCH3 is 1. The summed E-state index contributed by atoms with van der Waals surface area (Å²) in [6.07, 6.45) is 1.84. The summed E-state index contributed by atoms with van der Waals surface area (Å²) in [7, 11) is 1.60. The van der Waals surface area contributed by atoms with Crippen molar-refractivity contribution >= 4 is 17.7 Å². The highest BCUT2D eigenvalue weighted by Crippen LogP contribution is 2.28. The smallest absolute Gasteiger partial charge is 0.322 e. The Balaban J connectivity index is 2.02. The third-order valence-electron chi connectivity index (χ3n) is 3.37. The summed E-state index contributed by atoms with van der Waals surface area (Å²) >= 11 is 0. The van der Waals surface area contributed by atoms with E-state index in [2.05, 4.69) is 5.32 Å². The minimum atomic E-state index is -0.895. The lowest BCUT2D eigenvalue weighted by molar-refractivity contribution is -0.137. The molecule has 1 fully saturated rings. The Morgan fingerprint density at radius 3 is 2.71 bits per heavy atom. The van der Waals surface area contributed by atoms with Crippen LogP contribution >= 0.6 is 0 Å². The molecule has 6 heteroatoms. The predicted octanol–water partition coefficient (Wildman–Crippen LogP) is 2.30. The van der Waals surface area contributed by atoms with E-state index < -0.39 is 5.97 Å². The molecular weight excluding hydrogens is 272 g/mol. The van der Waals surface area contributed by atoms with Gasteiger partial charge in [-0.05, 0) is 18.9 Å². The molecule has 0 saturated heterocycles. The Bertz CT molecular complexity index is 514. The summed E-state index contributed by atoms with van der Waals surface area (Å²) in [6.45, 7) is 0.646. The molecule has 21 heavy (non-hydrogen) atoms. The Kier molecular flexibility index (Phi) is 5.16. The van der Waals surface area contributed by atoms with E-state index in [4.69, 9.17) is 9.84 Å². The number of hydrogen-bond acceptors (Lipinski definition) is 3. The third-order valence-corrected chi connectivity index (χ3v) is 3.37. The van der Waals surface area contributed by atoms with Crippen molar-refractivity contribution in [2.45, 2.75) is 31.9 Å². The summed E-state index contributed by atoms with van der Waals surface area (Å²) in [6, 6.07) is 7.34. The first-order valence-electron chi connectivity index (χ1n) is 6.98. The molecule has 0 unspecified atom stereocenters. The van der Waals surface area contributed by atoms with Gasteiger partial charge in [-0.2, -0.15) is 0 Å². The van der Waals surface area contributed by atoms with Gasteiger partial charge in [0.2, 0.25) is 0 Å². The lowest BCUT2D eigenvalue weighted by atomic mass is 10.2. The van der Waals surface area contributed by atoms with Crippen molar-refractivity contribution < 1.29 is 19.4 Å². The van der Waals surface area contributed by atoms with Crippen molar-refractivity contribution in [1.82, 2.24) is 4.90 Å². The Morgan fingerprint density at radius 2 is 2.10 bits per heavy atom. The number of ether oxygens (including phenoxy) is 1. The number of urea groups is 1. The van der Waals surface area contributed by atoms with E-state index in [1.165, 1.54) is 0 Å². The van der Waals surface area contributed by atoms with Crippen molar-refractivity contribution in [2.24, 2.45) is 0 Å². The second kappa shape index (κ2) is 7.08. The number of rotatable bonds is 7. The molecule has 0 atom stereocenters. The molecule has 1 aromatic rings. The number of para-hydroxylation sites is 1. The van der Waals surface area contributed by atoms with E-state index in [1.54, 1.807) is 12.0 Å². The van der Waals surface area contributed by atoms with Crippen LogP contribution in [0.15, 0.2) is 24.3 Å². The first-order valence-corrected chi connectivity index (χ1v) is 6.98. The topological polar surface area (TPSA) is 78.9 Å². The van der Waals surface area contributed by atoms with Gasteiger partial charge in [0.05, 0.1) is 13.0 Å². The first kappa shape index (κ1) is 15.3. The number of amides is 2. The maximum absolute atomic E-state index is 12.3. The monoisotopic (exact) mass is 292 g/mol. The van der Waals surface area contributed by atoms with Gasteiger partial charge in [-0.25, -0.2) is 4.79 Å². The SMILES string of the molecule is COCc1ccccc1NC(=O)N(CCC(=O)O)C1CC1. The fourth-order valence-corrected chi connectivity index (χ4v) is 2.16. The summed E-state index contributed by atoms with van der Waals surface area (Å²) in [4.78, 5) is 24.6. The highest BCUT2D eigenvalue weighted by molar-refractivity contribution is 5.90. The fourth-order valence-electron chi connectivity index (χ4n) is 2.16. The molecule has 1 saturated carbocycles. The Hall–Kier alpha value is -2.08. The van der Waals surface area contributed by atoms with E-state index in [1.807, 2.05) is 24.3 Å². The van der Waals surface area contributed by atoms with Crippen LogP contribution in [0, 0.1) is 0 Å². The summed E-state index contributed by atoms with van der Waals surface area (Å²) in [5, 5.41) is 11.6. The van der Waals surface area contributed by atoms with E-state index in [0.717, 1.165) is 18.4 Å². The zero-order valence-electron chi connectivity index (χ0n) is 12.0. The van der Waals surface area contributed by atoms with Crippen LogP contribution in [0.5, 0.6) is 0 Å². The molecule has 0 spiro atoms. The molecule has 1 aromatic carbocycles. The summed E-state index contributed by atoms with van der Waals surface area (Å²) in [5.74, 6) is -0.895. The van der Waals surface area contributed by atoms with Gasteiger partial charge in [0.15, 0.2) is 0 Å². The molecule has 0 bridgehead atoms. The second-order valence-electron chi connectivity index (χ2n) is 5.09. The van der Waals surface area contributed by atoms with Gasteiger partial charge in [0.1, 0.15) is 0 Å². The largest absolute Gasteiger partial charge is 0.481 e. The number of benzene rings is 1. The number of carbonyl (C=O) groups excluding carboxylic acids is 1. The predicted molar refractivity (Wildman–Crippen MR) is 78.2 cm³/mol. The van der Waals surface area contributed by atoms with Crippen LogP contribution in [0.3, 0.4) is 0 Å². The third kappa shape index (κ3) is 4.46. The van der Waals surface area contributed by atoms with Crippen LogP contribution < -0.4 is 5.32 Å². The molecule has 2 rings (SSSR count). The highest BCUT2D eigenvalue weighted by atomic mass is 16.5. The highest BCUT2D eigenvalue weighted by Gasteiger charge is 2.32. The molecular formula is C15H20N2O4. The van der Waals surface area contributed by atoms with Gasteiger partial charge in [-0.15, -0.1) is 0 Å². The van der Waals surface area contributed by atoms with Gasteiger partial charge in [0.25, 0.3) is 0 Å². The molecule has 0 radical (unpaired) electrons. The summed E-state index contributed by atoms with van der Waals surface area (Å²) in [5.41, 5.74) is 1.59. The average molecular weight is 292 g/mol. The normalized spacial score (nSPS) is 13.8. The van der Waals surface area contributed by atoms with E-state index in [-0.39, 0.29) is 25.0 Å². The lowest BCUT2D eigenvalue weighted by Gasteiger charge is -2.23. The van der Waals surface area contributed by atoms with Crippen LogP contribution in [0.1, 0.15) is 24.8 Å². The quantitative estimate of drug-likeness (QED) is 0.808. The molecule has 1 aliphatic rings. The van der Waals surface area contributed by atoms with Gasteiger partial charge >= 0.3 is 12.0 Å². The van der Waals surface area contributed by atoms with Gasteiger partial charge < -0.3 is 20.1 Å². The molecule has 0 aromatic heterocycles. The van der Waals surface area contributed by atoms with Gasteiger partial charge in [-0.3, -0.25) is 4.79 Å². The Morgan fingerprint density at radius 1 is 1.38 bits per heavy atom. The van der Waals surface area contributed by atoms with E-state index in [0.29, 0.717) is 12.3 Å². The number of nitrogens with one attached hydrogen (secondary N) is 1. The first-order chi connectivity index (χ1) is 10.1. The van der Waals surface area contributed by atoms with Crippen LogP contribution in [0.25, 0.3) is 0 Å². The fraction of sp³-hybridized carbons (Fsp3) is 0.467. The van der Waals surface area contributed by atoms with Crippen molar-refractivity contribution in [3.63, 3.8) is 0 Å². The van der Waals surface area contributed by atoms with Crippen molar-refractivity contribution in [1.29, 1.82) is 0 Å². The molecule has 114 valence electrons. The maximum atomic E-state index is 12.3. The van der Waals surface area contributed by atoms with Crippen LogP contribution in [-0.2, 0) is 16.1 Å². The van der Waals surface area contributed by atoms with Gasteiger partial charge in [0, 0.05) is 30.9 Å². The number of aliphatic carboxylic acids is 1. The Labute approximate surface area is 123 Å². The molecule has 2 N–H and O–H groups in total. The number of anilines is 1. The van der Waals surface area contributed by atoms with Crippen molar-refractivity contribution in [3.05, 3.63) is 29.8 Å². The minimum Gasteiger partial charge on any atom is -0.481 e. The molecule has 6 nitrogen and oxygen atoms in total. The van der Waals surface area contributed by atoms with Crippen LogP contribution in [-0.4, -0.2) is 41.7 Å². The molecule has 0 aliphatic heterocycles. The van der Waals surface area contributed by atoms with Crippen LogP contribution in [0.2, 0.25) is 0 Å². The minimum absolute atomic E-state index is 0.0381. The molecule has 1 aliphatic carbocycles.